The number of hydrogen-bond donors (Lipinski definition) is 2. The molecule has 1 amide bonds. The van der Waals surface area contributed by atoms with Crippen LogP contribution in [-0.2, 0) is 10.8 Å². The molecule has 2 rings (SSSR count). The van der Waals surface area contributed by atoms with E-state index >= 15 is 0 Å². The van der Waals surface area contributed by atoms with Crippen LogP contribution in [0, 0.1) is 0 Å². The number of phenols is 1. The maximum atomic E-state index is 12.0. The molecule has 0 aliphatic heterocycles. The van der Waals surface area contributed by atoms with Crippen LogP contribution in [0.4, 0.5) is 0 Å². The van der Waals surface area contributed by atoms with Crippen LogP contribution in [0.5, 0.6) is 5.75 Å². The summed E-state index contributed by atoms with van der Waals surface area (Å²) in [5, 5.41) is 14.4. The Balaban J connectivity index is 2.10. The zero-order chi connectivity index (χ0) is 14.5. The lowest BCUT2D eigenvalue weighted by Crippen LogP contribution is -2.25. The number of hydrogen-bond acceptors (Lipinski definition) is 3. The number of benzene rings is 2. The minimum Gasteiger partial charge on any atom is -0.506 e. The van der Waals surface area contributed by atoms with Crippen LogP contribution in [0.2, 0.25) is 0 Å². The molecule has 0 bridgehead atoms. The van der Waals surface area contributed by atoms with Gasteiger partial charge in [0, 0.05) is 34.7 Å². The number of carbonyl (C=O) groups excluding carboxylic acids is 1. The molecule has 106 valence electrons. The van der Waals surface area contributed by atoms with Gasteiger partial charge in [-0.1, -0.05) is 30.3 Å². The van der Waals surface area contributed by atoms with E-state index in [0.717, 1.165) is 5.39 Å². The van der Waals surface area contributed by atoms with Crippen LogP contribution in [0.1, 0.15) is 16.8 Å². The van der Waals surface area contributed by atoms with Gasteiger partial charge in [-0.05, 0) is 17.9 Å². The van der Waals surface area contributed by atoms with Crippen molar-refractivity contribution in [3.8, 4) is 5.75 Å². The SMILES string of the molecule is CS(=O)CCCNC(=O)c1ccc2ccccc2c1O. The molecule has 2 aromatic rings. The lowest BCUT2D eigenvalue weighted by Gasteiger charge is -2.08. The standard InChI is InChI=1S/C15H17NO3S/c1-20(19)10-4-9-16-15(18)13-8-7-11-5-2-3-6-12(11)14(13)17/h2-3,5-8,17H,4,9-10H2,1H3,(H,16,18). The van der Waals surface area contributed by atoms with Crippen molar-refractivity contribution in [1.29, 1.82) is 0 Å². The third-order valence-corrected chi connectivity index (χ3v) is 3.90. The number of aromatic hydroxyl groups is 1. The number of nitrogens with one attached hydrogen (secondary N) is 1. The van der Waals surface area contributed by atoms with E-state index in [1.165, 1.54) is 0 Å². The van der Waals surface area contributed by atoms with Gasteiger partial charge in [0.25, 0.3) is 5.91 Å². The highest BCUT2D eigenvalue weighted by atomic mass is 32.2. The summed E-state index contributed by atoms with van der Waals surface area (Å²) >= 11 is 0. The smallest absolute Gasteiger partial charge is 0.255 e. The first-order chi connectivity index (χ1) is 9.59. The van der Waals surface area contributed by atoms with Crippen molar-refractivity contribution in [2.75, 3.05) is 18.6 Å². The molecule has 0 spiro atoms. The molecule has 0 radical (unpaired) electrons. The molecule has 5 heteroatoms. The first kappa shape index (κ1) is 14.5. The minimum atomic E-state index is -0.848. The van der Waals surface area contributed by atoms with E-state index in [0.29, 0.717) is 24.1 Å². The van der Waals surface area contributed by atoms with Crippen molar-refractivity contribution in [2.45, 2.75) is 6.42 Å². The first-order valence-electron chi connectivity index (χ1n) is 6.38. The van der Waals surface area contributed by atoms with Crippen molar-refractivity contribution < 1.29 is 14.1 Å². The van der Waals surface area contributed by atoms with Gasteiger partial charge in [0.15, 0.2) is 0 Å². The quantitative estimate of drug-likeness (QED) is 0.829. The van der Waals surface area contributed by atoms with Gasteiger partial charge in [-0.15, -0.1) is 0 Å². The van der Waals surface area contributed by atoms with Crippen molar-refractivity contribution in [1.82, 2.24) is 5.32 Å². The van der Waals surface area contributed by atoms with Crippen molar-refractivity contribution in [2.24, 2.45) is 0 Å². The van der Waals surface area contributed by atoms with Gasteiger partial charge in [0.2, 0.25) is 0 Å². The fourth-order valence-corrected chi connectivity index (χ4v) is 2.56. The van der Waals surface area contributed by atoms with Crippen molar-refractivity contribution in [3.63, 3.8) is 0 Å². The van der Waals surface area contributed by atoms with Gasteiger partial charge in [0.05, 0.1) is 5.56 Å². The Morgan fingerprint density at radius 3 is 2.75 bits per heavy atom. The molecular formula is C15H17NO3S. The number of phenolic OH excluding ortho intramolecular Hbond substituents is 1. The topological polar surface area (TPSA) is 66.4 Å². The van der Waals surface area contributed by atoms with Crippen LogP contribution >= 0.6 is 0 Å². The van der Waals surface area contributed by atoms with Crippen LogP contribution < -0.4 is 5.32 Å². The third-order valence-electron chi connectivity index (χ3n) is 3.04. The van der Waals surface area contributed by atoms with Gasteiger partial charge >= 0.3 is 0 Å². The largest absolute Gasteiger partial charge is 0.506 e. The zero-order valence-corrected chi connectivity index (χ0v) is 12.1. The molecular weight excluding hydrogens is 274 g/mol. The molecule has 0 heterocycles. The molecule has 0 aliphatic rings. The Morgan fingerprint density at radius 1 is 1.25 bits per heavy atom. The van der Waals surface area contributed by atoms with E-state index in [4.69, 9.17) is 0 Å². The number of amides is 1. The van der Waals surface area contributed by atoms with Crippen LogP contribution in [0.3, 0.4) is 0 Å². The molecule has 20 heavy (non-hydrogen) atoms. The summed E-state index contributed by atoms with van der Waals surface area (Å²) < 4.78 is 10.9. The third kappa shape index (κ3) is 3.36. The fraction of sp³-hybridized carbons (Fsp3) is 0.267. The van der Waals surface area contributed by atoms with Gasteiger partial charge in [-0.3, -0.25) is 9.00 Å². The van der Waals surface area contributed by atoms with Gasteiger partial charge < -0.3 is 10.4 Å². The zero-order valence-electron chi connectivity index (χ0n) is 11.3. The second-order valence-corrected chi connectivity index (χ2v) is 6.12. The summed E-state index contributed by atoms with van der Waals surface area (Å²) in [7, 11) is -0.848. The summed E-state index contributed by atoms with van der Waals surface area (Å²) in [6.45, 7) is 0.449. The van der Waals surface area contributed by atoms with E-state index in [9.17, 15) is 14.1 Å². The second kappa shape index (κ2) is 6.52. The molecule has 4 nitrogen and oxygen atoms in total. The Kier molecular flexibility index (Phi) is 4.74. The fourth-order valence-electron chi connectivity index (χ4n) is 2.01. The summed E-state index contributed by atoms with van der Waals surface area (Å²) in [5.74, 6) is 0.249. The molecule has 1 atom stereocenters. The Bertz CT molecular complexity index is 655. The highest BCUT2D eigenvalue weighted by molar-refractivity contribution is 7.84. The predicted molar refractivity (Wildman–Crippen MR) is 81.5 cm³/mol. The van der Waals surface area contributed by atoms with E-state index in [-0.39, 0.29) is 17.2 Å². The monoisotopic (exact) mass is 291 g/mol. The summed E-state index contributed by atoms with van der Waals surface area (Å²) in [5.41, 5.74) is 0.265. The second-order valence-electron chi connectivity index (χ2n) is 4.57. The summed E-state index contributed by atoms with van der Waals surface area (Å²) in [4.78, 5) is 12.0. The Hall–Kier alpha value is -1.88. The molecule has 1 unspecified atom stereocenters. The summed E-state index contributed by atoms with van der Waals surface area (Å²) in [6.07, 6.45) is 2.29. The number of rotatable bonds is 5. The molecule has 0 aliphatic carbocycles. The number of carbonyl (C=O) groups is 1. The molecule has 0 saturated heterocycles. The maximum Gasteiger partial charge on any atom is 0.255 e. The number of fused-ring (bicyclic) bond motifs is 1. The van der Waals surface area contributed by atoms with Crippen LogP contribution in [0.15, 0.2) is 36.4 Å². The van der Waals surface area contributed by atoms with Crippen molar-refractivity contribution >= 4 is 27.5 Å². The normalized spacial score (nSPS) is 12.2. The van der Waals surface area contributed by atoms with Gasteiger partial charge in [0.1, 0.15) is 5.75 Å². The molecule has 0 fully saturated rings. The minimum absolute atomic E-state index is 0.000307. The van der Waals surface area contributed by atoms with E-state index in [1.54, 1.807) is 18.4 Å². The Morgan fingerprint density at radius 2 is 2.00 bits per heavy atom. The first-order valence-corrected chi connectivity index (χ1v) is 8.11. The lowest BCUT2D eigenvalue weighted by molar-refractivity contribution is 0.0951. The van der Waals surface area contributed by atoms with E-state index in [2.05, 4.69) is 5.32 Å². The molecule has 0 aromatic heterocycles. The molecule has 2 aromatic carbocycles. The van der Waals surface area contributed by atoms with Gasteiger partial charge in [-0.2, -0.15) is 0 Å². The van der Waals surface area contributed by atoms with E-state index in [1.807, 2.05) is 24.3 Å². The van der Waals surface area contributed by atoms with E-state index < -0.39 is 10.8 Å². The highest BCUT2D eigenvalue weighted by Crippen LogP contribution is 2.28. The van der Waals surface area contributed by atoms with Crippen LogP contribution in [-0.4, -0.2) is 33.8 Å². The summed E-state index contributed by atoms with van der Waals surface area (Å²) in [6, 6.07) is 10.8. The molecule has 0 saturated carbocycles. The predicted octanol–water partition coefficient (Wildman–Crippen LogP) is 2.04. The average Bonchev–Trinajstić information content (AvgIpc) is 2.44. The van der Waals surface area contributed by atoms with Gasteiger partial charge in [-0.25, -0.2) is 0 Å². The Labute approximate surface area is 120 Å². The molecule has 2 N–H and O–H groups in total. The maximum absolute atomic E-state index is 12.0. The average molecular weight is 291 g/mol. The lowest BCUT2D eigenvalue weighted by atomic mass is 10.0. The highest BCUT2D eigenvalue weighted by Gasteiger charge is 2.12. The van der Waals surface area contributed by atoms with Crippen molar-refractivity contribution in [3.05, 3.63) is 42.0 Å². The van der Waals surface area contributed by atoms with Crippen LogP contribution in [0.25, 0.3) is 10.8 Å².